The van der Waals surface area contributed by atoms with E-state index in [4.69, 9.17) is 0 Å². The molecule has 0 saturated heterocycles. The molecule has 32 heavy (non-hydrogen) atoms. The second-order valence-corrected chi connectivity index (χ2v) is 10.9. The van der Waals surface area contributed by atoms with E-state index in [2.05, 4.69) is 6.92 Å². The van der Waals surface area contributed by atoms with Gasteiger partial charge in [-0.25, -0.2) is 0 Å². The summed E-state index contributed by atoms with van der Waals surface area (Å²) in [5.74, 6) is 0.670. The van der Waals surface area contributed by atoms with Crippen molar-refractivity contribution in [2.45, 2.75) is 188 Å². The summed E-state index contributed by atoms with van der Waals surface area (Å²) in [6, 6.07) is 0. The predicted octanol–water partition coefficient (Wildman–Crippen LogP) is 11.4. The van der Waals surface area contributed by atoms with Gasteiger partial charge in [0, 0.05) is 12.3 Å². The lowest BCUT2D eigenvalue weighted by Gasteiger charge is -2.05. The van der Waals surface area contributed by atoms with Crippen LogP contribution in [0.5, 0.6) is 0 Å². The highest BCUT2D eigenvalue weighted by Gasteiger charge is 2.05. The van der Waals surface area contributed by atoms with E-state index in [0.29, 0.717) is 5.78 Å². The van der Waals surface area contributed by atoms with E-state index in [0.717, 1.165) is 12.8 Å². The number of Topliss-reactive ketones (excluding diaryl/α,β-unsaturated/α-hetero) is 1. The van der Waals surface area contributed by atoms with Crippen LogP contribution < -0.4 is 0 Å². The van der Waals surface area contributed by atoms with E-state index in [1.165, 1.54) is 154 Å². The quantitative estimate of drug-likeness (QED) is 0.114. The molecular weight excluding hydrogens is 388 g/mol. The number of ketones is 1. The summed E-state index contributed by atoms with van der Waals surface area (Å²) in [5.41, 5.74) is 0. The van der Waals surface area contributed by atoms with Crippen molar-refractivity contribution in [1.29, 1.82) is 0 Å². The molecule has 0 spiro atoms. The standard InChI is InChI=1S/C31H62O/c1-4-5-6-7-8-9-10-11-12-13-14-15-16-17-18-19-20-21-22-23-24-25-26-27-28-29-31(32)30(2)3/h30H,4-29H2,1-3H3. The Labute approximate surface area is 204 Å². The minimum Gasteiger partial charge on any atom is -0.299 e. The van der Waals surface area contributed by atoms with E-state index in [1.807, 2.05) is 13.8 Å². The van der Waals surface area contributed by atoms with Gasteiger partial charge in [-0.2, -0.15) is 0 Å². The third kappa shape index (κ3) is 25.9. The first-order valence-electron chi connectivity index (χ1n) is 15.2. The lowest BCUT2D eigenvalue weighted by molar-refractivity contribution is -0.122. The summed E-state index contributed by atoms with van der Waals surface area (Å²) in [6.45, 7) is 6.33. The van der Waals surface area contributed by atoms with Gasteiger partial charge in [-0.1, -0.05) is 175 Å². The lowest BCUT2D eigenvalue weighted by Crippen LogP contribution is -2.05. The van der Waals surface area contributed by atoms with Gasteiger partial charge in [0.05, 0.1) is 0 Å². The van der Waals surface area contributed by atoms with Crippen molar-refractivity contribution in [2.75, 3.05) is 0 Å². The highest BCUT2D eigenvalue weighted by molar-refractivity contribution is 5.80. The van der Waals surface area contributed by atoms with Crippen molar-refractivity contribution >= 4 is 5.78 Å². The molecule has 0 amide bonds. The predicted molar refractivity (Wildman–Crippen MR) is 146 cm³/mol. The first kappa shape index (κ1) is 31.7. The second kappa shape index (κ2) is 26.9. The van der Waals surface area contributed by atoms with Crippen LogP contribution in [0, 0.1) is 5.92 Å². The van der Waals surface area contributed by atoms with Crippen LogP contribution in [-0.4, -0.2) is 5.78 Å². The largest absolute Gasteiger partial charge is 0.299 e. The topological polar surface area (TPSA) is 17.1 Å². The van der Waals surface area contributed by atoms with Crippen molar-refractivity contribution in [3.63, 3.8) is 0 Å². The molecule has 0 aliphatic heterocycles. The van der Waals surface area contributed by atoms with Gasteiger partial charge in [0.1, 0.15) is 5.78 Å². The molecule has 0 unspecified atom stereocenters. The van der Waals surface area contributed by atoms with Gasteiger partial charge in [0.25, 0.3) is 0 Å². The fraction of sp³-hybridized carbons (Fsp3) is 0.968. The molecule has 0 heterocycles. The highest BCUT2D eigenvalue weighted by Crippen LogP contribution is 2.16. The zero-order valence-corrected chi connectivity index (χ0v) is 22.9. The average molecular weight is 451 g/mol. The molecule has 0 aliphatic carbocycles. The molecule has 0 aliphatic rings. The molecule has 0 aromatic heterocycles. The maximum Gasteiger partial charge on any atom is 0.135 e. The van der Waals surface area contributed by atoms with Gasteiger partial charge in [-0.15, -0.1) is 0 Å². The monoisotopic (exact) mass is 450 g/mol. The lowest BCUT2D eigenvalue weighted by atomic mass is 10.0. The molecule has 0 saturated carbocycles. The molecule has 0 aromatic rings. The minimum atomic E-state index is 0.226. The zero-order valence-electron chi connectivity index (χ0n) is 22.9. The number of unbranched alkanes of at least 4 members (excludes halogenated alkanes) is 24. The van der Waals surface area contributed by atoms with E-state index in [9.17, 15) is 4.79 Å². The van der Waals surface area contributed by atoms with Gasteiger partial charge in [0.2, 0.25) is 0 Å². The molecule has 0 N–H and O–H groups in total. The van der Waals surface area contributed by atoms with Gasteiger partial charge in [0.15, 0.2) is 0 Å². The Morgan fingerprint density at radius 1 is 0.406 bits per heavy atom. The van der Waals surface area contributed by atoms with Crippen LogP contribution in [-0.2, 0) is 4.79 Å². The zero-order chi connectivity index (χ0) is 23.5. The third-order valence-corrected chi connectivity index (χ3v) is 7.17. The normalized spacial score (nSPS) is 11.5. The highest BCUT2D eigenvalue weighted by atomic mass is 16.1. The Kier molecular flexibility index (Phi) is 26.6. The van der Waals surface area contributed by atoms with Crippen LogP contribution in [0.25, 0.3) is 0 Å². The molecule has 0 atom stereocenters. The van der Waals surface area contributed by atoms with Crippen molar-refractivity contribution < 1.29 is 4.79 Å². The Morgan fingerprint density at radius 2 is 0.625 bits per heavy atom. The van der Waals surface area contributed by atoms with Gasteiger partial charge in [-0.3, -0.25) is 4.79 Å². The minimum absolute atomic E-state index is 0.226. The smallest absolute Gasteiger partial charge is 0.135 e. The molecule has 0 radical (unpaired) electrons. The van der Waals surface area contributed by atoms with E-state index < -0.39 is 0 Å². The number of rotatable bonds is 27. The van der Waals surface area contributed by atoms with Crippen LogP contribution in [0.1, 0.15) is 188 Å². The van der Waals surface area contributed by atoms with Gasteiger partial charge >= 0.3 is 0 Å². The summed E-state index contributed by atoms with van der Waals surface area (Å²) in [7, 11) is 0. The van der Waals surface area contributed by atoms with Crippen LogP contribution in [0.4, 0.5) is 0 Å². The molecule has 0 rings (SSSR count). The fourth-order valence-electron chi connectivity index (χ4n) is 4.73. The summed E-state index contributed by atoms with van der Waals surface area (Å²) in [5, 5.41) is 0. The Balaban J connectivity index is 3.04. The molecule has 192 valence electrons. The van der Waals surface area contributed by atoms with E-state index in [-0.39, 0.29) is 5.92 Å². The van der Waals surface area contributed by atoms with Crippen molar-refractivity contribution in [2.24, 2.45) is 5.92 Å². The van der Waals surface area contributed by atoms with Crippen LogP contribution in [0.2, 0.25) is 0 Å². The molecular formula is C31H62O. The van der Waals surface area contributed by atoms with Gasteiger partial charge in [-0.05, 0) is 6.42 Å². The van der Waals surface area contributed by atoms with Crippen LogP contribution in [0.15, 0.2) is 0 Å². The number of hydrogen-bond acceptors (Lipinski definition) is 1. The number of hydrogen-bond donors (Lipinski definition) is 0. The number of carbonyl (C=O) groups is 1. The van der Waals surface area contributed by atoms with Gasteiger partial charge < -0.3 is 0 Å². The maximum atomic E-state index is 11.6. The van der Waals surface area contributed by atoms with Crippen LogP contribution >= 0.6 is 0 Å². The summed E-state index contributed by atoms with van der Waals surface area (Å²) < 4.78 is 0. The summed E-state index contributed by atoms with van der Waals surface area (Å²) in [6.07, 6.45) is 36.4. The van der Waals surface area contributed by atoms with Crippen LogP contribution in [0.3, 0.4) is 0 Å². The van der Waals surface area contributed by atoms with E-state index in [1.54, 1.807) is 0 Å². The second-order valence-electron chi connectivity index (χ2n) is 10.9. The first-order chi connectivity index (χ1) is 15.7. The van der Waals surface area contributed by atoms with E-state index >= 15 is 0 Å². The first-order valence-corrected chi connectivity index (χ1v) is 15.2. The molecule has 0 fully saturated rings. The van der Waals surface area contributed by atoms with Crippen molar-refractivity contribution in [3.8, 4) is 0 Å². The molecule has 1 nitrogen and oxygen atoms in total. The molecule has 0 bridgehead atoms. The van der Waals surface area contributed by atoms with Crippen molar-refractivity contribution in [1.82, 2.24) is 0 Å². The summed E-state index contributed by atoms with van der Waals surface area (Å²) >= 11 is 0. The average Bonchev–Trinajstić information content (AvgIpc) is 2.78. The SMILES string of the molecule is CCCCCCCCCCCCCCCCCCCCCCCCCCCC(=O)C(C)C. The molecule has 1 heteroatoms. The number of carbonyl (C=O) groups excluding carboxylic acids is 1. The third-order valence-electron chi connectivity index (χ3n) is 7.17. The fourth-order valence-corrected chi connectivity index (χ4v) is 4.73. The summed E-state index contributed by atoms with van der Waals surface area (Å²) in [4.78, 5) is 11.6. The maximum absolute atomic E-state index is 11.6. The Bertz CT molecular complexity index is 359. The Morgan fingerprint density at radius 3 is 0.844 bits per heavy atom. The molecule has 0 aromatic carbocycles. The Hall–Kier alpha value is -0.330. The van der Waals surface area contributed by atoms with Crippen molar-refractivity contribution in [3.05, 3.63) is 0 Å².